The number of aliphatic imine (C=N–C) groups is 1. The SMILES string of the molecule is CCNC(=NCc1ccc(-n2cncn2)cc1)NCCOc1ccc(OC)cc1.I. The molecule has 0 saturated heterocycles. The maximum absolute atomic E-state index is 5.73. The summed E-state index contributed by atoms with van der Waals surface area (Å²) in [6.07, 6.45) is 3.19. The number of halogens is 1. The Morgan fingerprint density at radius 3 is 2.40 bits per heavy atom. The highest BCUT2D eigenvalue weighted by Gasteiger charge is 2.01. The van der Waals surface area contributed by atoms with Gasteiger partial charge >= 0.3 is 0 Å². The number of rotatable bonds is 9. The van der Waals surface area contributed by atoms with Gasteiger partial charge in [0.05, 0.1) is 25.9 Å². The van der Waals surface area contributed by atoms with Crippen LogP contribution in [-0.4, -0.2) is 47.5 Å². The third-order valence-corrected chi connectivity index (χ3v) is 4.11. The van der Waals surface area contributed by atoms with E-state index >= 15 is 0 Å². The highest BCUT2D eigenvalue weighted by Crippen LogP contribution is 2.16. The molecule has 0 atom stereocenters. The van der Waals surface area contributed by atoms with E-state index in [0.717, 1.165) is 35.3 Å². The molecule has 1 aromatic heterocycles. The molecule has 2 aromatic carbocycles. The van der Waals surface area contributed by atoms with Crippen molar-refractivity contribution in [3.63, 3.8) is 0 Å². The van der Waals surface area contributed by atoms with Crippen molar-refractivity contribution in [1.82, 2.24) is 25.4 Å². The summed E-state index contributed by atoms with van der Waals surface area (Å²) < 4.78 is 12.6. The van der Waals surface area contributed by atoms with Crippen LogP contribution in [0.5, 0.6) is 11.5 Å². The molecule has 3 aromatic rings. The Kier molecular flexibility index (Phi) is 9.92. The fourth-order valence-corrected chi connectivity index (χ4v) is 2.62. The zero-order valence-corrected chi connectivity index (χ0v) is 19.4. The van der Waals surface area contributed by atoms with Crippen molar-refractivity contribution in [3.05, 3.63) is 66.7 Å². The molecule has 2 N–H and O–H groups in total. The molecule has 3 rings (SSSR count). The van der Waals surface area contributed by atoms with E-state index < -0.39 is 0 Å². The minimum atomic E-state index is 0. The number of aromatic nitrogens is 3. The fraction of sp³-hybridized carbons (Fsp3) is 0.286. The molecule has 0 fully saturated rings. The molecule has 9 heteroatoms. The quantitative estimate of drug-likeness (QED) is 0.195. The van der Waals surface area contributed by atoms with Crippen LogP contribution in [0.3, 0.4) is 0 Å². The van der Waals surface area contributed by atoms with Crippen LogP contribution in [0.2, 0.25) is 0 Å². The second kappa shape index (κ2) is 12.7. The van der Waals surface area contributed by atoms with Crippen LogP contribution in [0.1, 0.15) is 12.5 Å². The second-order valence-corrected chi connectivity index (χ2v) is 6.15. The molecule has 0 aliphatic rings. The lowest BCUT2D eigenvalue weighted by Gasteiger charge is -2.12. The van der Waals surface area contributed by atoms with Crippen LogP contribution in [0.15, 0.2) is 66.2 Å². The van der Waals surface area contributed by atoms with Gasteiger partial charge in [-0.3, -0.25) is 0 Å². The van der Waals surface area contributed by atoms with E-state index in [1.807, 2.05) is 55.5 Å². The molecule has 1 heterocycles. The Labute approximate surface area is 193 Å². The van der Waals surface area contributed by atoms with Crippen LogP contribution in [-0.2, 0) is 6.54 Å². The van der Waals surface area contributed by atoms with Gasteiger partial charge in [0.1, 0.15) is 30.8 Å². The molecule has 30 heavy (non-hydrogen) atoms. The largest absolute Gasteiger partial charge is 0.497 e. The van der Waals surface area contributed by atoms with Crippen LogP contribution >= 0.6 is 24.0 Å². The molecule has 0 radical (unpaired) electrons. The summed E-state index contributed by atoms with van der Waals surface area (Å²) in [5.74, 6) is 2.37. The standard InChI is InChI=1S/C21H26N6O2.HI/c1-3-23-21(24-12-13-29-20-10-8-19(28-2)9-11-20)25-14-17-4-6-18(7-5-17)27-16-22-15-26-27;/h4-11,15-16H,3,12-14H2,1-2H3,(H2,23,24,25);1H. The summed E-state index contributed by atoms with van der Waals surface area (Å²) in [5.41, 5.74) is 2.08. The van der Waals surface area contributed by atoms with Gasteiger partial charge in [-0.15, -0.1) is 24.0 Å². The van der Waals surface area contributed by atoms with Crippen molar-refractivity contribution in [2.45, 2.75) is 13.5 Å². The minimum Gasteiger partial charge on any atom is -0.497 e. The van der Waals surface area contributed by atoms with Crippen LogP contribution in [0.4, 0.5) is 0 Å². The number of ether oxygens (including phenoxy) is 2. The number of nitrogens with one attached hydrogen (secondary N) is 2. The highest BCUT2D eigenvalue weighted by molar-refractivity contribution is 14.0. The van der Waals surface area contributed by atoms with Gasteiger partial charge in [0.25, 0.3) is 0 Å². The average molecular weight is 522 g/mol. The van der Waals surface area contributed by atoms with E-state index in [-0.39, 0.29) is 24.0 Å². The molecular formula is C21H27IN6O2. The van der Waals surface area contributed by atoms with Gasteiger partial charge in [-0.2, -0.15) is 5.10 Å². The maximum Gasteiger partial charge on any atom is 0.191 e. The number of methoxy groups -OCH3 is 1. The Hall–Kier alpha value is -2.82. The first-order chi connectivity index (χ1) is 14.3. The van der Waals surface area contributed by atoms with Gasteiger partial charge < -0.3 is 20.1 Å². The Morgan fingerprint density at radius 1 is 1.03 bits per heavy atom. The van der Waals surface area contributed by atoms with E-state index in [1.165, 1.54) is 6.33 Å². The lowest BCUT2D eigenvalue weighted by molar-refractivity contribution is 0.321. The van der Waals surface area contributed by atoms with E-state index in [9.17, 15) is 0 Å². The highest BCUT2D eigenvalue weighted by atomic mass is 127. The predicted molar refractivity (Wildman–Crippen MR) is 128 cm³/mol. The first-order valence-corrected chi connectivity index (χ1v) is 9.51. The Balaban J connectivity index is 0.00000320. The molecule has 0 saturated carbocycles. The van der Waals surface area contributed by atoms with Crippen LogP contribution in [0.25, 0.3) is 5.69 Å². The maximum atomic E-state index is 5.73. The molecule has 0 aliphatic heterocycles. The zero-order chi connectivity index (χ0) is 20.3. The van der Waals surface area contributed by atoms with Crippen molar-refractivity contribution >= 4 is 29.9 Å². The number of nitrogens with zero attached hydrogens (tertiary/aromatic N) is 4. The van der Waals surface area contributed by atoms with E-state index in [0.29, 0.717) is 19.7 Å². The molecule has 0 aliphatic carbocycles. The van der Waals surface area contributed by atoms with Crippen molar-refractivity contribution in [2.24, 2.45) is 4.99 Å². The first-order valence-electron chi connectivity index (χ1n) is 9.51. The summed E-state index contributed by atoms with van der Waals surface area (Å²) in [6, 6.07) is 15.6. The zero-order valence-electron chi connectivity index (χ0n) is 17.1. The lowest BCUT2D eigenvalue weighted by atomic mass is 10.2. The summed E-state index contributed by atoms with van der Waals surface area (Å²) in [4.78, 5) is 8.59. The normalized spacial score (nSPS) is 10.8. The van der Waals surface area contributed by atoms with Gasteiger partial charge in [0.15, 0.2) is 5.96 Å². The third-order valence-electron chi connectivity index (χ3n) is 4.11. The molecule has 0 unspecified atom stereocenters. The Bertz CT molecular complexity index is 883. The van der Waals surface area contributed by atoms with Crippen LogP contribution < -0.4 is 20.1 Å². The summed E-state index contributed by atoms with van der Waals surface area (Å²) in [5, 5.41) is 10.7. The molecule has 8 nitrogen and oxygen atoms in total. The number of hydrogen-bond donors (Lipinski definition) is 2. The van der Waals surface area contributed by atoms with Crippen molar-refractivity contribution in [3.8, 4) is 17.2 Å². The van der Waals surface area contributed by atoms with Gasteiger partial charge in [-0.25, -0.2) is 14.7 Å². The van der Waals surface area contributed by atoms with Gasteiger partial charge in [-0.1, -0.05) is 12.1 Å². The number of benzene rings is 2. The van der Waals surface area contributed by atoms with Gasteiger partial charge in [-0.05, 0) is 48.9 Å². The Morgan fingerprint density at radius 2 is 1.77 bits per heavy atom. The van der Waals surface area contributed by atoms with Gasteiger partial charge in [0, 0.05) is 6.54 Å². The molecule has 0 bridgehead atoms. The smallest absolute Gasteiger partial charge is 0.191 e. The molecular weight excluding hydrogens is 495 g/mol. The predicted octanol–water partition coefficient (Wildman–Crippen LogP) is 3.03. The number of hydrogen-bond acceptors (Lipinski definition) is 5. The van der Waals surface area contributed by atoms with Crippen molar-refractivity contribution in [2.75, 3.05) is 26.8 Å². The fourth-order valence-electron chi connectivity index (χ4n) is 2.62. The molecule has 160 valence electrons. The summed E-state index contributed by atoms with van der Waals surface area (Å²) in [7, 11) is 1.65. The minimum absolute atomic E-state index is 0. The topological polar surface area (TPSA) is 85.6 Å². The second-order valence-electron chi connectivity index (χ2n) is 6.15. The van der Waals surface area contributed by atoms with Crippen molar-refractivity contribution in [1.29, 1.82) is 0 Å². The average Bonchev–Trinajstić information content (AvgIpc) is 3.30. The third kappa shape index (κ3) is 7.21. The lowest BCUT2D eigenvalue weighted by Crippen LogP contribution is -2.39. The molecule has 0 spiro atoms. The van der Waals surface area contributed by atoms with Crippen molar-refractivity contribution < 1.29 is 9.47 Å². The molecule has 0 amide bonds. The van der Waals surface area contributed by atoms with E-state index in [4.69, 9.17) is 9.47 Å². The first kappa shape index (κ1) is 23.5. The number of guanidine groups is 1. The van der Waals surface area contributed by atoms with Crippen LogP contribution in [0, 0.1) is 0 Å². The monoisotopic (exact) mass is 522 g/mol. The summed E-state index contributed by atoms with van der Waals surface area (Å²) in [6.45, 7) is 4.58. The summed E-state index contributed by atoms with van der Waals surface area (Å²) >= 11 is 0. The van der Waals surface area contributed by atoms with Gasteiger partial charge in [0.2, 0.25) is 0 Å². The van der Waals surface area contributed by atoms with E-state index in [1.54, 1.807) is 18.1 Å². The van der Waals surface area contributed by atoms with E-state index in [2.05, 4.69) is 25.7 Å².